The van der Waals surface area contributed by atoms with Gasteiger partial charge in [-0.25, -0.2) is 9.37 Å². The minimum atomic E-state index is -0.334. The molecule has 0 aliphatic heterocycles. The van der Waals surface area contributed by atoms with E-state index in [-0.39, 0.29) is 30.6 Å². The lowest BCUT2D eigenvalue weighted by Crippen LogP contribution is -2.33. The number of aromatic nitrogens is 1. The van der Waals surface area contributed by atoms with Crippen molar-refractivity contribution in [3.8, 4) is 0 Å². The van der Waals surface area contributed by atoms with Crippen LogP contribution in [0.25, 0.3) is 0 Å². The van der Waals surface area contributed by atoms with Crippen LogP contribution in [0.1, 0.15) is 16.0 Å². The quantitative estimate of drug-likeness (QED) is 0.658. The standard InChI is InChI=1S/C20H18FN3O2S/c21-16-8-6-15(7-9-16)10-17-12-23-20(27-17)24-19(26)13-22-18(25)11-14-4-2-1-3-5-14/h1-9,12H,10-11,13H2,(H,22,25)(H,23,24,26). The zero-order valence-corrected chi connectivity index (χ0v) is 15.3. The Kier molecular flexibility index (Phi) is 6.27. The van der Waals surface area contributed by atoms with Crippen LogP contribution >= 0.6 is 11.3 Å². The second kappa shape index (κ2) is 9.05. The van der Waals surface area contributed by atoms with Crippen molar-refractivity contribution < 1.29 is 14.0 Å². The monoisotopic (exact) mass is 383 g/mol. The van der Waals surface area contributed by atoms with Gasteiger partial charge in [0.15, 0.2) is 5.13 Å². The van der Waals surface area contributed by atoms with Gasteiger partial charge in [0.25, 0.3) is 0 Å². The lowest BCUT2D eigenvalue weighted by Gasteiger charge is -2.05. The normalized spacial score (nSPS) is 10.4. The average Bonchev–Trinajstić information content (AvgIpc) is 3.09. The molecule has 0 unspecified atom stereocenters. The molecule has 2 N–H and O–H groups in total. The van der Waals surface area contributed by atoms with E-state index in [2.05, 4.69) is 15.6 Å². The van der Waals surface area contributed by atoms with E-state index >= 15 is 0 Å². The van der Waals surface area contributed by atoms with Gasteiger partial charge in [0, 0.05) is 17.5 Å². The fraction of sp³-hybridized carbons (Fsp3) is 0.150. The molecule has 0 aliphatic carbocycles. The first-order valence-corrected chi connectivity index (χ1v) is 9.20. The summed E-state index contributed by atoms with van der Waals surface area (Å²) >= 11 is 1.35. The first-order chi connectivity index (χ1) is 13.1. The molecule has 0 bridgehead atoms. The van der Waals surface area contributed by atoms with Crippen molar-refractivity contribution >= 4 is 28.3 Å². The Morgan fingerprint density at radius 1 is 0.963 bits per heavy atom. The molecule has 27 heavy (non-hydrogen) atoms. The third kappa shape index (κ3) is 6.00. The molecule has 0 radical (unpaired) electrons. The van der Waals surface area contributed by atoms with Crippen molar-refractivity contribution in [2.75, 3.05) is 11.9 Å². The van der Waals surface area contributed by atoms with Gasteiger partial charge in [-0.3, -0.25) is 9.59 Å². The molecule has 2 aromatic carbocycles. The Labute approximate surface area is 160 Å². The molecule has 5 nitrogen and oxygen atoms in total. The molecule has 0 fully saturated rings. The maximum absolute atomic E-state index is 12.9. The van der Waals surface area contributed by atoms with Crippen molar-refractivity contribution in [3.05, 3.63) is 82.6 Å². The van der Waals surface area contributed by atoms with Crippen molar-refractivity contribution in [1.29, 1.82) is 0 Å². The molecule has 1 heterocycles. The van der Waals surface area contributed by atoms with E-state index in [0.29, 0.717) is 11.6 Å². The molecule has 138 valence electrons. The van der Waals surface area contributed by atoms with Crippen LogP contribution in [0.4, 0.5) is 9.52 Å². The van der Waals surface area contributed by atoms with Crippen LogP contribution in [-0.2, 0) is 22.4 Å². The SMILES string of the molecule is O=C(Cc1ccccc1)NCC(=O)Nc1ncc(Cc2ccc(F)cc2)s1. The number of amides is 2. The number of carbonyl (C=O) groups is 2. The minimum absolute atomic E-state index is 0.113. The highest BCUT2D eigenvalue weighted by atomic mass is 32.1. The Balaban J connectivity index is 1.45. The lowest BCUT2D eigenvalue weighted by molar-refractivity contribution is -0.123. The number of anilines is 1. The van der Waals surface area contributed by atoms with Gasteiger partial charge in [-0.15, -0.1) is 11.3 Å². The Bertz CT molecular complexity index is 910. The molecule has 2 amide bonds. The maximum atomic E-state index is 12.9. The number of benzene rings is 2. The van der Waals surface area contributed by atoms with Gasteiger partial charge < -0.3 is 10.6 Å². The summed E-state index contributed by atoms with van der Waals surface area (Å²) in [6, 6.07) is 15.6. The van der Waals surface area contributed by atoms with Gasteiger partial charge in [0.05, 0.1) is 13.0 Å². The summed E-state index contributed by atoms with van der Waals surface area (Å²) in [7, 11) is 0. The predicted molar refractivity (Wildman–Crippen MR) is 103 cm³/mol. The van der Waals surface area contributed by atoms with Gasteiger partial charge in [-0.1, -0.05) is 42.5 Å². The molecule has 0 saturated carbocycles. The molecule has 0 aliphatic rings. The van der Waals surface area contributed by atoms with Crippen LogP contribution in [0.5, 0.6) is 0 Å². The molecule has 0 saturated heterocycles. The van der Waals surface area contributed by atoms with Gasteiger partial charge >= 0.3 is 0 Å². The summed E-state index contributed by atoms with van der Waals surface area (Å²) in [5.74, 6) is -0.822. The summed E-state index contributed by atoms with van der Waals surface area (Å²) in [5, 5.41) is 5.73. The van der Waals surface area contributed by atoms with E-state index in [9.17, 15) is 14.0 Å². The van der Waals surface area contributed by atoms with Crippen molar-refractivity contribution in [2.24, 2.45) is 0 Å². The fourth-order valence-electron chi connectivity index (χ4n) is 2.44. The second-order valence-electron chi connectivity index (χ2n) is 5.92. The van der Waals surface area contributed by atoms with E-state index in [1.807, 2.05) is 30.3 Å². The van der Waals surface area contributed by atoms with Gasteiger partial charge in [-0.2, -0.15) is 0 Å². The Morgan fingerprint density at radius 2 is 1.70 bits per heavy atom. The van der Waals surface area contributed by atoms with E-state index in [1.165, 1.54) is 23.5 Å². The van der Waals surface area contributed by atoms with Crippen LogP contribution in [-0.4, -0.2) is 23.3 Å². The molecule has 0 atom stereocenters. The van der Waals surface area contributed by atoms with Crippen LogP contribution in [0.2, 0.25) is 0 Å². The largest absolute Gasteiger partial charge is 0.347 e. The number of hydrogen-bond donors (Lipinski definition) is 2. The Hall–Kier alpha value is -3.06. The third-order valence-electron chi connectivity index (χ3n) is 3.75. The third-order valence-corrected chi connectivity index (χ3v) is 4.66. The van der Waals surface area contributed by atoms with Crippen molar-refractivity contribution in [3.63, 3.8) is 0 Å². The number of hydrogen-bond acceptors (Lipinski definition) is 4. The molecule has 3 aromatic rings. The maximum Gasteiger partial charge on any atom is 0.245 e. The lowest BCUT2D eigenvalue weighted by atomic mass is 10.1. The first-order valence-electron chi connectivity index (χ1n) is 8.38. The highest BCUT2D eigenvalue weighted by Crippen LogP contribution is 2.21. The fourth-order valence-corrected chi connectivity index (χ4v) is 3.30. The number of rotatable bonds is 7. The van der Waals surface area contributed by atoms with Crippen molar-refractivity contribution in [2.45, 2.75) is 12.8 Å². The summed E-state index contributed by atoms with van der Waals surface area (Å²) in [5.41, 5.74) is 1.85. The molecular formula is C20H18FN3O2S. The number of carbonyl (C=O) groups excluding carboxylic acids is 2. The first kappa shape index (κ1) is 18.7. The van der Waals surface area contributed by atoms with Gasteiger partial charge in [0.1, 0.15) is 5.82 Å². The summed E-state index contributed by atoms with van der Waals surface area (Å²) in [6.07, 6.45) is 2.52. The molecular weight excluding hydrogens is 365 g/mol. The number of nitrogens with one attached hydrogen (secondary N) is 2. The predicted octanol–water partition coefficient (Wildman–Crippen LogP) is 3.17. The topological polar surface area (TPSA) is 71.1 Å². The summed E-state index contributed by atoms with van der Waals surface area (Å²) in [6.45, 7) is -0.113. The van der Waals surface area contributed by atoms with Gasteiger partial charge in [-0.05, 0) is 23.3 Å². The second-order valence-corrected chi connectivity index (χ2v) is 7.04. The summed E-state index contributed by atoms with van der Waals surface area (Å²) in [4.78, 5) is 29.0. The Morgan fingerprint density at radius 3 is 2.44 bits per heavy atom. The molecule has 0 spiro atoms. The van der Waals surface area contributed by atoms with Crippen LogP contribution < -0.4 is 10.6 Å². The van der Waals surface area contributed by atoms with Crippen molar-refractivity contribution in [1.82, 2.24) is 10.3 Å². The van der Waals surface area contributed by atoms with Crippen LogP contribution in [0.3, 0.4) is 0 Å². The van der Waals surface area contributed by atoms with Crippen LogP contribution in [0.15, 0.2) is 60.8 Å². The van der Waals surface area contributed by atoms with Gasteiger partial charge in [0.2, 0.25) is 11.8 Å². The van der Waals surface area contributed by atoms with Crippen LogP contribution in [0, 0.1) is 5.82 Å². The van der Waals surface area contributed by atoms with E-state index < -0.39 is 0 Å². The smallest absolute Gasteiger partial charge is 0.245 e. The van der Waals surface area contributed by atoms with E-state index in [4.69, 9.17) is 0 Å². The number of thiazole rings is 1. The molecule has 3 rings (SSSR count). The zero-order chi connectivity index (χ0) is 19.1. The summed E-state index contributed by atoms with van der Waals surface area (Å²) < 4.78 is 12.9. The van der Waals surface area contributed by atoms with E-state index in [1.54, 1.807) is 18.3 Å². The molecule has 7 heteroatoms. The van der Waals surface area contributed by atoms with E-state index in [0.717, 1.165) is 16.0 Å². The molecule has 1 aromatic heterocycles. The number of halogens is 1. The minimum Gasteiger partial charge on any atom is -0.347 e. The zero-order valence-electron chi connectivity index (χ0n) is 14.4. The highest BCUT2D eigenvalue weighted by Gasteiger charge is 2.09. The highest BCUT2D eigenvalue weighted by molar-refractivity contribution is 7.15. The average molecular weight is 383 g/mol. The number of nitrogens with zero attached hydrogens (tertiary/aromatic N) is 1.